The number of amides is 2. The number of rotatable bonds is 8. The predicted octanol–water partition coefficient (Wildman–Crippen LogP) is 2.27. The highest BCUT2D eigenvalue weighted by Gasteiger charge is 2.04. The molecule has 0 atom stereocenters. The molecule has 0 spiro atoms. The molecule has 110 valence electrons. The molecular weight excluding hydrogens is 258 g/mol. The Bertz CT molecular complexity index is 461. The lowest BCUT2D eigenvalue weighted by Crippen LogP contribution is -2.24. The SMILES string of the molecule is CCCOc1ccc(C=NNC(N)=O)c(OCCC)c1. The number of carbonyl (C=O) groups is 1. The summed E-state index contributed by atoms with van der Waals surface area (Å²) in [4.78, 5) is 10.6. The van der Waals surface area contributed by atoms with Gasteiger partial charge < -0.3 is 15.2 Å². The van der Waals surface area contributed by atoms with Gasteiger partial charge in [0.15, 0.2) is 0 Å². The van der Waals surface area contributed by atoms with Crippen LogP contribution in [0.1, 0.15) is 32.3 Å². The normalized spacial score (nSPS) is 10.5. The smallest absolute Gasteiger partial charge is 0.332 e. The predicted molar refractivity (Wildman–Crippen MR) is 78.3 cm³/mol. The number of carbonyl (C=O) groups excluding carboxylic acids is 1. The maximum absolute atomic E-state index is 10.6. The highest BCUT2D eigenvalue weighted by molar-refractivity contribution is 5.85. The number of urea groups is 1. The third-order valence-corrected chi connectivity index (χ3v) is 2.30. The number of hydrazone groups is 1. The van der Waals surface area contributed by atoms with E-state index in [1.165, 1.54) is 6.21 Å². The molecular formula is C14H21N3O3. The lowest BCUT2D eigenvalue weighted by atomic mass is 10.2. The van der Waals surface area contributed by atoms with E-state index in [0.717, 1.165) is 24.2 Å². The zero-order valence-corrected chi connectivity index (χ0v) is 11.9. The van der Waals surface area contributed by atoms with Crippen LogP contribution in [0.3, 0.4) is 0 Å². The van der Waals surface area contributed by atoms with Crippen LogP contribution in [0, 0.1) is 0 Å². The van der Waals surface area contributed by atoms with E-state index in [4.69, 9.17) is 15.2 Å². The number of nitrogens with two attached hydrogens (primary N) is 1. The second-order valence-electron chi connectivity index (χ2n) is 4.13. The fraction of sp³-hybridized carbons (Fsp3) is 0.429. The molecule has 0 aliphatic rings. The number of nitrogens with one attached hydrogen (secondary N) is 1. The van der Waals surface area contributed by atoms with E-state index in [1.807, 2.05) is 32.0 Å². The van der Waals surface area contributed by atoms with Crippen LogP contribution < -0.4 is 20.6 Å². The van der Waals surface area contributed by atoms with Crippen LogP contribution in [0.5, 0.6) is 11.5 Å². The number of hydrogen-bond donors (Lipinski definition) is 2. The Hall–Kier alpha value is -2.24. The van der Waals surface area contributed by atoms with Gasteiger partial charge in [0.05, 0.1) is 19.4 Å². The summed E-state index contributed by atoms with van der Waals surface area (Å²) in [6.45, 7) is 5.33. The maximum atomic E-state index is 10.6. The van der Waals surface area contributed by atoms with E-state index in [1.54, 1.807) is 0 Å². The fourth-order valence-electron chi connectivity index (χ4n) is 1.43. The maximum Gasteiger partial charge on any atom is 0.332 e. The van der Waals surface area contributed by atoms with Crippen molar-refractivity contribution in [2.45, 2.75) is 26.7 Å². The lowest BCUT2D eigenvalue weighted by Gasteiger charge is -2.11. The Morgan fingerprint density at radius 3 is 2.65 bits per heavy atom. The van der Waals surface area contributed by atoms with E-state index in [-0.39, 0.29) is 0 Å². The molecule has 0 radical (unpaired) electrons. The van der Waals surface area contributed by atoms with Crippen molar-refractivity contribution < 1.29 is 14.3 Å². The van der Waals surface area contributed by atoms with Gasteiger partial charge in [-0.1, -0.05) is 13.8 Å². The molecule has 2 amide bonds. The highest BCUT2D eigenvalue weighted by atomic mass is 16.5. The zero-order valence-electron chi connectivity index (χ0n) is 11.9. The van der Waals surface area contributed by atoms with E-state index >= 15 is 0 Å². The molecule has 6 heteroatoms. The van der Waals surface area contributed by atoms with Crippen LogP contribution >= 0.6 is 0 Å². The van der Waals surface area contributed by atoms with Crippen molar-refractivity contribution in [1.29, 1.82) is 0 Å². The Balaban J connectivity index is 2.84. The molecule has 0 aliphatic carbocycles. The van der Waals surface area contributed by atoms with Gasteiger partial charge in [-0.25, -0.2) is 10.2 Å². The van der Waals surface area contributed by atoms with Crippen LogP contribution in [0.15, 0.2) is 23.3 Å². The fourth-order valence-corrected chi connectivity index (χ4v) is 1.43. The second kappa shape index (κ2) is 8.79. The monoisotopic (exact) mass is 279 g/mol. The van der Waals surface area contributed by atoms with Crippen molar-refractivity contribution in [1.82, 2.24) is 5.43 Å². The zero-order chi connectivity index (χ0) is 14.8. The third kappa shape index (κ3) is 5.60. The van der Waals surface area contributed by atoms with Crippen molar-refractivity contribution >= 4 is 12.2 Å². The third-order valence-electron chi connectivity index (χ3n) is 2.30. The number of nitrogens with zero attached hydrogens (tertiary/aromatic N) is 1. The largest absolute Gasteiger partial charge is 0.493 e. The minimum Gasteiger partial charge on any atom is -0.493 e. The summed E-state index contributed by atoms with van der Waals surface area (Å²) in [6.07, 6.45) is 3.33. The van der Waals surface area contributed by atoms with E-state index < -0.39 is 6.03 Å². The molecule has 0 fully saturated rings. The minimum absolute atomic E-state index is 0.599. The molecule has 1 aromatic carbocycles. The molecule has 0 saturated carbocycles. The number of ether oxygens (including phenoxy) is 2. The summed E-state index contributed by atoms with van der Waals surface area (Å²) < 4.78 is 11.2. The van der Waals surface area contributed by atoms with Crippen LogP contribution in [0.2, 0.25) is 0 Å². The van der Waals surface area contributed by atoms with E-state index in [9.17, 15) is 4.79 Å². The van der Waals surface area contributed by atoms with Crippen LogP contribution in [-0.2, 0) is 0 Å². The summed E-state index contributed by atoms with van der Waals surface area (Å²) in [5.74, 6) is 1.41. The molecule has 0 aliphatic heterocycles. The van der Waals surface area contributed by atoms with Crippen LogP contribution in [-0.4, -0.2) is 25.5 Å². The molecule has 1 rings (SSSR count). The van der Waals surface area contributed by atoms with Gasteiger partial charge in [-0.05, 0) is 25.0 Å². The Morgan fingerprint density at radius 2 is 2.00 bits per heavy atom. The average Bonchev–Trinajstić information content (AvgIpc) is 2.44. The van der Waals surface area contributed by atoms with Gasteiger partial charge in [0.2, 0.25) is 0 Å². The molecule has 0 saturated heterocycles. The van der Waals surface area contributed by atoms with Crippen LogP contribution in [0.25, 0.3) is 0 Å². The van der Waals surface area contributed by atoms with Gasteiger partial charge in [-0.15, -0.1) is 0 Å². The van der Waals surface area contributed by atoms with Crippen LogP contribution in [0.4, 0.5) is 4.79 Å². The summed E-state index contributed by atoms with van der Waals surface area (Å²) in [5.41, 5.74) is 7.83. The summed E-state index contributed by atoms with van der Waals surface area (Å²) >= 11 is 0. The van der Waals surface area contributed by atoms with Gasteiger partial charge in [0.25, 0.3) is 0 Å². The standard InChI is InChI=1S/C14H21N3O3/c1-3-7-19-12-6-5-11(10-16-17-14(15)18)13(9-12)20-8-4-2/h5-6,9-10H,3-4,7-8H2,1-2H3,(H3,15,17,18). The van der Waals surface area contributed by atoms with Crippen molar-refractivity contribution in [3.8, 4) is 11.5 Å². The molecule has 0 unspecified atom stereocenters. The van der Waals surface area contributed by atoms with Gasteiger partial charge in [-0.2, -0.15) is 5.10 Å². The summed E-state index contributed by atoms with van der Waals surface area (Å²) in [5, 5.41) is 3.73. The quantitative estimate of drug-likeness (QED) is 0.565. The molecule has 0 aromatic heterocycles. The topological polar surface area (TPSA) is 85.9 Å². The lowest BCUT2D eigenvalue weighted by molar-refractivity contribution is 0.249. The number of hydrogen-bond acceptors (Lipinski definition) is 4. The van der Waals surface area contributed by atoms with Gasteiger partial charge in [0, 0.05) is 11.6 Å². The second-order valence-corrected chi connectivity index (χ2v) is 4.13. The first kappa shape index (κ1) is 15.8. The average molecular weight is 279 g/mol. The molecule has 6 nitrogen and oxygen atoms in total. The van der Waals surface area contributed by atoms with E-state index in [2.05, 4.69) is 10.5 Å². The van der Waals surface area contributed by atoms with Crippen molar-refractivity contribution in [3.05, 3.63) is 23.8 Å². The van der Waals surface area contributed by atoms with Crippen molar-refractivity contribution in [3.63, 3.8) is 0 Å². The van der Waals surface area contributed by atoms with Crippen molar-refractivity contribution in [2.75, 3.05) is 13.2 Å². The minimum atomic E-state index is -0.708. The Morgan fingerprint density at radius 1 is 1.30 bits per heavy atom. The molecule has 0 heterocycles. The first-order valence-electron chi connectivity index (χ1n) is 6.65. The first-order valence-corrected chi connectivity index (χ1v) is 6.65. The Kier molecular flexibility index (Phi) is 6.95. The molecule has 20 heavy (non-hydrogen) atoms. The Labute approximate surface area is 118 Å². The molecule has 3 N–H and O–H groups in total. The van der Waals surface area contributed by atoms with Gasteiger partial charge in [-0.3, -0.25) is 0 Å². The highest BCUT2D eigenvalue weighted by Crippen LogP contribution is 2.24. The van der Waals surface area contributed by atoms with Gasteiger partial charge >= 0.3 is 6.03 Å². The first-order chi connectivity index (χ1) is 9.67. The summed E-state index contributed by atoms with van der Waals surface area (Å²) in [7, 11) is 0. The summed E-state index contributed by atoms with van der Waals surface area (Å²) in [6, 6.07) is 4.76. The van der Waals surface area contributed by atoms with E-state index in [0.29, 0.717) is 19.0 Å². The van der Waals surface area contributed by atoms with Gasteiger partial charge in [0.1, 0.15) is 11.5 Å². The molecule has 0 bridgehead atoms. The van der Waals surface area contributed by atoms with Crippen molar-refractivity contribution in [2.24, 2.45) is 10.8 Å². The number of benzene rings is 1. The molecule has 1 aromatic rings. The number of primary amides is 1.